The van der Waals surface area contributed by atoms with Gasteiger partial charge in [-0.25, -0.2) is 4.98 Å². The normalized spacial score (nSPS) is 14.2. The molecule has 0 unspecified atom stereocenters. The van der Waals surface area contributed by atoms with Crippen LogP contribution in [0.1, 0.15) is 23.6 Å². The van der Waals surface area contributed by atoms with Gasteiger partial charge in [-0.1, -0.05) is 43.0 Å². The van der Waals surface area contributed by atoms with Crippen molar-refractivity contribution in [2.24, 2.45) is 0 Å². The van der Waals surface area contributed by atoms with Crippen molar-refractivity contribution in [3.05, 3.63) is 71.5 Å². The lowest BCUT2D eigenvalue weighted by atomic mass is 10.1. The number of rotatable bonds is 8. The Morgan fingerprint density at radius 3 is 2.54 bits per heavy atom. The van der Waals surface area contributed by atoms with E-state index in [2.05, 4.69) is 54.2 Å². The van der Waals surface area contributed by atoms with Crippen molar-refractivity contribution in [3.63, 3.8) is 0 Å². The molecule has 7 nitrogen and oxygen atoms in total. The van der Waals surface area contributed by atoms with E-state index >= 15 is 0 Å². The molecule has 0 saturated carbocycles. The molecule has 1 aliphatic rings. The predicted octanol–water partition coefficient (Wildman–Crippen LogP) is 3.93. The zero-order valence-corrected chi connectivity index (χ0v) is 21.5. The first-order chi connectivity index (χ1) is 16.9. The van der Waals surface area contributed by atoms with Gasteiger partial charge in [-0.05, 0) is 55.2 Å². The quantitative estimate of drug-likeness (QED) is 0.484. The first kappa shape index (κ1) is 25.0. The number of carbonyl (C=O) groups excluding carboxylic acids is 2. The van der Waals surface area contributed by atoms with Gasteiger partial charge in [-0.3, -0.25) is 19.1 Å². The lowest BCUT2D eigenvalue weighted by Gasteiger charge is -2.34. The van der Waals surface area contributed by atoms with E-state index in [1.54, 1.807) is 6.20 Å². The minimum absolute atomic E-state index is 0.0144. The molecule has 2 amide bonds. The third-order valence-electron chi connectivity index (χ3n) is 6.46. The maximum atomic E-state index is 12.9. The predicted molar refractivity (Wildman–Crippen MR) is 141 cm³/mol. The zero-order valence-electron chi connectivity index (χ0n) is 20.7. The molecule has 0 aliphatic carbocycles. The third kappa shape index (κ3) is 6.32. The van der Waals surface area contributed by atoms with E-state index in [-0.39, 0.29) is 11.8 Å². The Kier molecular flexibility index (Phi) is 8.25. The first-order valence-electron chi connectivity index (χ1n) is 12.1. The van der Waals surface area contributed by atoms with Gasteiger partial charge in [0, 0.05) is 49.9 Å². The summed E-state index contributed by atoms with van der Waals surface area (Å²) < 4.78 is 2.03. The molecule has 8 heteroatoms. The number of imidazole rings is 1. The SMILES string of the molecule is CCc1ccccc1NC(=O)CN1CCN(C(=O)CSc2nccn2-c2ccc(C)c(C)c2)CC1. The summed E-state index contributed by atoms with van der Waals surface area (Å²) in [6.45, 7) is 9.25. The van der Waals surface area contributed by atoms with Gasteiger partial charge in [-0.2, -0.15) is 0 Å². The van der Waals surface area contributed by atoms with E-state index in [0.717, 1.165) is 28.5 Å². The van der Waals surface area contributed by atoms with Crippen LogP contribution in [0.15, 0.2) is 60.0 Å². The fourth-order valence-corrected chi connectivity index (χ4v) is 5.06. The Balaban J connectivity index is 1.25. The molecule has 1 N–H and O–H groups in total. The molecule has 0 radical (unpaired) electrons. The summed E-state index contributed by atoms with van der Waals surface area (Å²) in [5.74, 6) is 0.431. The van der Waals surface area contributed by atoms with Crippen molar-refractivity contribution in [1.82, 2.24) is 19.4 Å². The minimum atomic E-state index is -0.0144. The Bertz CT molecular complexity index is 1180. The molecule has 35 heavy (non-hydrogen) atoms. The van der Waals surface area contributed by atoms with Gasteiger partial charge in [0.1, 0.15) is 0 Å². The Morgan fingerprint density at radius 1 is 1.03 bits per heavy atom. The Morgan fingerprint density at radius 2 is 1.80 bits per heavy atom. The first-order valence-corrected chi connectivity index (χ1v) is 13.0. The van der Waals surface area contributed by atoms with Crippen molar-refractivity contribution in [2.75, 3.05) is 43.8 Å². The van der Waals surface area contributed by atoms with Crippen LogP contribution in [-0.4, -0.2) is 69.6 Å². The van der Waals surface area contributed by atoms with Crippen LogP contribution in [0.2, 0.25) is 0 Å². The van der Waals surface area contributed by atoms with Crippen molar-refractivity contribution < 1.29 is 9.59 Å². The van der Waals surface area contributed by atoms with E-state index in [0.29, 0.717) is 38.5 Å². The summed E-state index contributed by atoms with van der Waals surface area (Å²) in [6, 6.07) is 14.2. The maximum absolute atomic E-state index is 12.9. The monoisotopic (exact) mass is 491 g/mol. The summed E-state index contributed by atoms with van der Waals surface area (Å²) in [7, 11) is 0. The lowest BCUT2D eigenvalue weighted by Crippen LogP contribution is -2.50. The second-order valence-corrected chi connectivity index (χ2v) is 9.80. The highest BCUT2D eigenvalue weighted by Gasteiger charge is 2.23. The zero-order chi connectivity index (χ0) is 24.8. The largest absolute Gasteiger partial charge is 0.339 e. The molecule has 1 fully saturated rings. The summed E-state index contributed by atoms with van der Waals surface area (Å²) in [5, 5.41) is 3.84. The fourth-order valence-electron chi connectivity index (χ4n) is 4.18. The second kappa shape index (κ2) is 11.6. The number of aryl methyl sites for hydroxylation is 3. The Labute approximate surface area is 211 Å². The van der Waals surface area contributed by atoms with Crippen molar-refractivity contribution in [1.29, 1.82) is 0 Å². The van der Waals surface area contributed by atoms with Crippen LogP contribution in [-0.2, 0) is 16.0 Å². The van der Waals surface area contributed by atoms with Gasteiger partial charge in [0.25, 0.3) is 0 Å². The average Bonchev–Trinajstić information content (AvgIpc) is 3.33. The smallest absolute Gasteiger partial charge is 0.238 e. The van der Waals surface area contributed by atoms with Gasteiger partial charge in [-0.15, -0.1) is 0 Å². The van der Waals surface area contributed by atoms with E-state index in [1.807, 2.05) is 39.9 Å². The molecule has 1 aromatic heterocycles. The number of benzene rings is 2. The van der Waals surface area contributed by atoms with Gasteiger partial charge >= 0.3 is 0 Å². The molecule has 0 atom stereocenters. The Hall–Kier alpha value is -3.10. The second-order valence-electron chi connectivity index (χ2n) is 8.85. The van der Waals surface area contributed by atoms with E-state index < -0.39 is 0 Å². The van der Waals surface area contributed by atoms with Gasteiger partial charge in [0.15, 0.2) is 5.16 Å². The number of hydrogen-bond donors (Lipinski definition) is 1. The minimum Gasteiger partial charge on any atom is -0.339 e. The molecule has 0 bridgehead atoms. The number of carbonyl (C=O) groups is 2. The number of anilines is 1. The van der Waals surface area contributed by atoms with Gasteiger partial charge < -0.3 is 10.2 Å². The van der Waals surface area contributed by atoms with Gasteiger partial charge in [0.2, 0.25) is 11.8 Å². The fraction of sp³-hybridized carbons (Fsp3) is 0.370. The van der Waals surface area contributed by atoms with Crippen LogP contribution < -0.4 is 5.32 Å². The molecule has 1 saturated heterocycles. The summed E-state index contributed by atoms with van der Waals surface area (Å²) in [4.78, 5) is 33.8. The molecular formula is C27H33N5O2S. The molecule has 1 aliphatic heterocycles. The number of hydrogen-bond acceptors (Lipinski definition) is 5. The summed E-state index contributed by atoms with van der Waals surface area (Å²) in [5.41, 5.74) is 5.54. The number of piperazine rings is 1. The van der Waals surface area contributed by atoms with Crippen molar-refractivity contribution in [3.8, 4) is 5.69 Å². The summed E-state index contributed by atoms with van der Waals surface area (Å²) in [6.07, 6.45) is 4.57. The van der Waals surface area contributed by atoms with Crippen LogP contribution in [0.5, 0.6) is 0 Å². The molecule has 3 aromatic rings. The number of aromatic nitrogens is 2. The molecular weight excluding hydrogens is 458 g/mol. The third-order valence-corrected chi connectivity index (χ3v) is 7.42. The number of nitrogens with zero attached hydrogens (tertiary/aromatic N) is 4. The van der Waals surface area contributed by atoms with Crippen LogP contribution in [0, 0.1) is 13.8 Å². The van der Waals surface area contributed by atoms with Crippen LogP contribution in [0.25, 0.3) is 5.69 Å². The van der Waals surface area contributed by atoms with Crippen molar-refractivity contribution in [2.45, 2.75) is 32.3 Å². The number of amides is 2. The standard InChI is InChI=1S/C27H33N5O2S/c1-4-22-7-5-6-8-24(22)29-25(33)18-30-13-15-31(16-14-30)26(34)19-35-27-28-11-12-32(27)23-10-9-20(2)21(3)17-23/h5-12,17H,4,13-16,18-19H2,1-3H3,(H,29,33). The molecule has 2 heterocycles. The molecule has 184 valence electrons. The van der Waals surface area contributed by atoms with E-state index in [4.69, 9.17) is 0 Å². The lowest BCUT2D eigenvalue weighted by molar-refractivity contribution is -0.130. The molecule has 4 rings (SSSR count). The van der Waals surface area contributed by atoms with E-state index in [9.17, 15) is 9.59 Å². The average molecular weight is 492 g/mol. The molecule has 0 spiro atoms. The van der Waals surface area contributed by atoms with Crippen LogP contribution >= 0.6 is 11.8 Å². The molecule has 2 aromatic carbocycles. The highest BCUT2D eigenvalue weighted by molar-refractivity contribution is 7.99. The number of thioether (sulfide) groups is 1. The summed E-state index contributed by atoms with van der Waals surface area (Å²) >= 11 is 1.46. The highest BCUT2D eigenvalue weighted by atomic mass is 32.2. The van der Waals surface area contributed by atoms with Crippen LogP contribution in [0.4, 0.5) is 5.69 Å². The van der Waals surface area contributed by atoms with Crippen molar-refractivity contribution >= 4 is 29.3 Å². The van der Waals surface area contributed by atoms with Crippen LogP contribution in [0.3, 0.4) is 0 Å². The number of para-hydroxylation sites is 1. The van der Waals surface area contributed by atoms with E-state index in [1.165, 1.54) is 22.9 Å². The number of nitrogens with one attached hydrogen (secondary N) is 1. The highest BCUT2D eigenvalue weighted by Crippen LogP contribution is 2.23. The maximum Gasteiger partial charge on any atom is 0.238 e. The topological polar surface area (TPSA) is 70.5 Å². The van der Waals surface area contributed by atoms with Gasteiger partial charge in [0.05, 0.1) is 12.3 Å².